The van der Waals surface area contributed by atoms with Crippen LogP contribution >= 0.6 is 0 Å². The molecule has 0 fully saturated rings. The zero-order valence-electron chi connectivity index (χ0n) is 11.9. The molecule has 0 bridgehead atoms. The van der Waals surface area contributed by atoms with Gasteiger partial charge in [-0.25, -0.2) is 17.5 Å². The third-order valence-corrected chi connectivity index (χ3v) is 4.07. The van der Waals surface area contributed by atoms with E-state index >= 15 is 0 Å². The van der Waals surface area contributed by atoms with Gasteiger partial charge in [-0.3, -0.25) is 0 Å². The van der Waals surface area contributed by atoms with E-state index in [0.717, 1.165) is 0 Å². The quantitative estimate of drug-likeness (QED) is 0.709. The molecule has 0 radical (unpaired) electrons. The van der Waals surface area contributed by atoms with E-state index in [0.29, 0.717) is 12.1 Å². The summed E-state index contributed by atoms with van der Waals surface area (Å²) in [5.41, 5.74) is 0.715. The average molecular weight is 304 g/mol. The molecule has 0 aliphatic heterocycles. The van der Waals surface area contributed by atoms with Crippen LogP contribution in [-0.4, -0.2) is 34.7 Å². The summed E-state index contributed by atoms with van der Waals surface area (Å²) < 4.78 is 44.7. The lowest BCUT2D eigenvalue weighted by Crippen LogP contribution is -2.28. The molecule has 0 unspecified atom stereocenters. The number of benzene rings is 1. The highest BCUT2D eigenvalue weighted by Crippen LogP contribution is 2.16. The van der Waals surface area contributed by atoms with Gasteiger partial charge in [-0.05, 0) is 17.7 Å². The second-order valence-corrected chi connectivity index (χ2v) is 6.43. The monoisotopic (exact) mass is 304 g/mol. The molecular formula is C13H21FN2O3S. The molecule has 114 valence electrons. The van der Waals surface area contributed by atoms with Gasteiger partial charge < -0.3 is 10.1 Å². The Morgan fingerprint density at radius 1 is 1.35 bits per heavy atom. The molecule has 7 heteroatoms. The molecule has 5 nitrogen and oxygen atoms in total. The van der Waals surface area contributed by atoms with Crippen molar-refractivity contribution in [2.24, 2.45) is 0 Å². The van der Waals surface area contributed by atoms with Gasteiger partial charge in [-0.2, -0.15) is 0 Å². The number of hydrogen-bond donors (Lipinski definition) is 2. The minimum absolute atomic E-state index is 0.104. The van der Waals surface area contributed by atoms with Gasteiger partial charge in [0.2, 0.25) is 10.0 Å². The Bertz CT molecular complexity index is 532. The normalized spacial score (nSPS) is 12.1. The predicted octanol–water partition coefficient (Wildman–Crippen LogP) is 1.25. The lowest BCUT2D eigenvalue weighted by atomic mass is 10.2. The van der Waals surface area contributed by atoms with Crippen LogP contribution in [-0.2, 0) is 21.3 Å². The number of halogens is 1. The first-order valence-corrected chi connectivity index (χ1v) is 7.85. The van der Waals surface area contributed by atoms with Crippen LogP contribution in [0.25, 0.3) is 0 Å². The van der Waals surface area contributed by atoms with Gasteiger partial charge in [-0.1, -0.05) is 19.9 Å². The van der Waals surface area contributed by atoms with Crippen molar-refractivity contribution in [3.63, 3.8) is 0 Å². The van der Waals surface area contributed by atoms with E-state index in [1.807, 2.05) is 13.8 Å². The van der Waals surface area contributed by atoms with Crippen LogP contribution in [0.4, 0.5) is 4.39 Å². The molecule has 0 aliphatic carbocycles. The Balaban J connectivity index is 2.89. The zero-order valence-corrected chi connectivity index (χ0v) is 12.8. The van der Waals surface area contributed by atoms with Crippen molar-refractivity contribution in [1.29, 1.82) is 0 Å². The Kier molecular flexibility index (Phi) is 6.54. The molecule has 0 heterocycles. The Hall–Kier alpha value is -1.02. The number of ether oxygens (including phenoxy) is 1. The molecule has 0 atom stereocenters. The van der Waals surface area contributed by atoms with Crippen LogP contribution in [0.5, 0.6) is 0 Å². The maximum absolute atomic E-state index is 13.7. The summed E-state index contributed by atoms with van der Waals surface area (Å²) in [5.74, 6) is -0.761. The summed E-state index contributed by atoms with van der Waals surface area (Å²) in [6, 6.07) is 4.35. The third-order valence-electron chi connectivity index (χ3n) is 2.60. The fourth-order valence-corrected chi connectivity index (χ4v) is 2.68. The van der Waals surface area contributed by atoms with Crippen molar-refractivity contribution in [2.75, 3.05) is 20.3 Å². The number of hydrogen-bond acceptors (Lipinski definition) is 4. The van der Waals surface area contributed by atoms with Crippen molar-refractivity contribution in [2.45, 2.75) is 31.3 Å². The maximum atomic E-state index is 13.7. The Morgan fingerprint density at radius 2 is 2.05 bits per heavy atom. The highest BCUT2D eigenvalue weighted by atomic mass is 32.2. The van der Waals surface area contributed by atoms with Crippen LogP contribution in [0, 0.1) is 5.82 Å². The Labute approximate surface area is 119 Å². The summed E-state index contributed by atoms with van der Waals surface area (Å²) in [4.78, 5) is -0.336. The van der Waals surface area contributed by atoms with Crippen LogP contribution in [0.2, 0.25) is 0 Å². The first kappa shape index (κ1) is 17.0. The van der Waals surface area contributed by atoms with Crippen LogP contribution in [0.3, 0.4) is 0 Å². The molecule has 1 aromatic carbocycles. The smallest absolute Gasteiger partial charge is 0.243 e. The standard InChI is InChI=1S/C13H21FN2O3S/c1-10(2)15-9-11-4-5-12(14)13(8-11)20(17,18)16-6-7-19-3/h4-5,8,10,15-16H,6-7,9H2,1-3H3. The van der Waals surface area contributed by atoms with E-state index in [9.17, 15) is 12.8 Å². The minimum Gasteiger partial charge on any atom is -0.383 e. The van der Waals surface area contributed by atoms with E-state index in [-0.39, 0.29) is 24.1 Å². The molecule has 1 aromatic rings. The van der Waals surface area contributed by atoms with Crippen LogP contribution in [0.15, 0.2) is 23.1 Å². The topological polar surface area (TPSA) is 67.4 Å². The van der Waals surface area contributed by atoms with Crippen molar-refractivity contribution >= 4 is 10.0 Å². The van der Waals surface area contributed by atoms with E-state index < -0.39 is 15.8 Å². The van der Waals surface area contributed by atoms with Gasteiger partial charge in [0, 0.05) is 26.2 Å². The molecule has 1 rings (SSSR count). The highest BCUT2D eigenvalue weighted by molar-refractivity contribution is 7.89. The fraction of sp³-hybridized carbons (Fsp3) is 0.538. The van der Waals surface area contributed by atoms with Gasteiger partial charge in [0.1, 0.15) is 10.7 Å². The molecule has 0 saturated heterocycles. The van der Waals surface area contributed by atoms with Gasteiger partial charge in [-0.15, -0.1) is 0 Å². The van der Waals surface area contributed by atoms with Crippen molar-refractivity contribution in [3.8, 4) is 0 Å². The lowest BCUT2D eigenvalue weighted by molar-refractivity contribution is 0.204. The van der Waals surface area contributed by atoms with Crippen molar-refractivity contribution in [3.05, 3.63) is 29.6 Å². The number of nitrogens with one attached hydrogen (secondary N) is 2. The number of methoxy groups -OCH3 is 1. The molecule has 0 amide bonds. The van der Waals surface area contributed by atoms with Crippen LogP contribution < -0.4 is 10.0 Å². The van der Waals surface area contributed by atoms with Crippen LogP contribution in [0.1, 0.15) is 19.4 Å². The number of rotatable bonds is 8. The first-order chi connectivity index (χ1) is 9.36. The fourth-order valence-electron chi connectivity index (χ4n) is 1.54. The molecule has 2 N–H and O–H groups in total. The van der Waals surface area contributed by atoms with E-state index in [1.54, 1.807) is 6.07 Å². The largest absolute Gasteiger partial charge is 0.383 e. The minimum atomic E-state index is -3.86. The maximum Gasteiger partial charge on any atom is 0.243 e. The van der Waals surface area contributed by atoms with Gasteiger partial charge in [0.15, 0.2) is 0 Å². The molecule has 0 aromatic heterocycles. The molecule has 0 aliphatic rings. The first-order valence-electron chi connectivity index (χ1n) is 6.37. The van der Waals surface area contributed by atoms with Crippen molar-refractivity contribution in [1.82, 2.24) is 10.0 Å². The van der Waals surface area contributed by atoms with Gasteiger partial charge in [0.25, 0.3) is 0 Å². The van der Waals surface area contributed by atoms with Gasteiger partial charge in [0.05, 0.1) is 6.61 Å². The average Bonchev–Trinajstić information content (AvgIpc) is 2.37. The summed E-state index contributed by atoms with van der Waals surface area (Å²) in [6.45, 7) is 4.78. The van der Waals surface area contributed by atoms with Gasteiger partial charge >= 0.3 is 0 Å². The lowest BCUT2D eigenvalue weighted by Gasteiger charge is -2.11. The summed E-state index contributed by atoms with van der Waals surface area (Å²) in [6.07, 6.45) is 0. The summed E-state index contributed by atoms with van der Waals surface area (Å²) in [5, 5.41) is 3.15. The van der Waals surface area contributed by atoms with E-state index in [4.69, 9.17) is 4.74 Å². The predicted molar refractivity (Wildman–Crippen MR) is 75.4 cm³/mol. The molecular weight excluding hydrogens is 283 g/mol. The SMILES string of the molecule is COCCNS(=O)(=O)c1cc(CNC(C)C)ccc1F. The molecule has 0 spiro atoms. The third kappa shape index (κ3) is 5.16. The second-order valence-electron chi connectivity index (χ2n) is 4.69. The van der Waals surface area contributed by atoms with E-state index in [2.05, 4.69) is 10.0 Å². The van der Waals surface area contributed by atoms with Crippen molar-refractivity contribution < 1.29 is 17.5 Å². The summed E-state index contributed by atoms with van der Waals surface area (Å²) >= 11 is 0. The highest BCUT2D eigenvalue weighted by Gasteiger charge is 2.19. The second kappa shape index (κ2) is 7.68. The number of sulfonamides is 1. The van der Waals surface area contributed by atoms with E-state index in [1.165, 1.54) is 19.2 Å². The summed E-state index contributed by atoms with van der Waals surface area (Å²) in [7, 11) is -2.39. The zero-order chi connectivity index (χ0) is 15.2. The Morgan fingerprint density at radius 3 is 2.65 bits per heavy atom. The molecule has 20 heavy (non-hydrogen) atoms. The molecule has 0 saturated carbocycles.